The fraction of sp³-hybridized carbons (Fsp3) is 0.167. The molecule has 3 N–H and O–H groups in total. The normalized spacial score (nSPS) is 10.2. The Morgan fingerprint density at radius 2 is 2.24 bits per heavy atom. The van der Waals surface area contributed by atoms with E-state index in [4.69, 9.17) is 0 Å². The number of aromatic hydroxyl groups is 1. The van der Waals surface area contributed by atoms with E-state index in [1.165, 1.54) is 0 Å². The zero-order valence-electron chi connectivity index (χ0n) is 9.40. The lowest BCUT2D eigenvalue weighted by Crippen LogP contribution is -2.26. The van der Waals surface area contributed by atoms with Gasteiger partial charge < -0.3 is 15.7 Å². The van der Waals surface area contributed by atoms with Gasteiger partial charge in [0, 0.05) is 18.6 Å². The lowest BCUT2D eigenvalue weighted by Gasteiger charge is -2.08. The van der Waals surface area contributed by atoms with Crippen molar-refractivity contribution in [1.82, 2.24) is 10.3 Å². The van der Waals surface area contributed by atoms with E-state index in [0.29, 0.717) is 5.82 Å². The van der Waals surface area contributed by atoms with Gasteiger partial charge in [-0.15, -0.1) is 0 Å². The number of nitrogens with zero attached hydrogens (tertiary/aromatic N) is 1. The van der Waals surface area contributed by atoms with Crippen LogP contribution in [0.1, 0.15) is 0 Å². The highest BCUT2D eigenvalue weighted by Gasteiger charge is 2.04. The summed E-state index contributed by atoms with van der Waals surface area (Å²) in [6.07, 6.45) is 1.66. The topological polar surface area (TPSA) is 74.2 Å². The molecule has 0 unspecified atom stereocenters. The van der Waals surface area contributed by atoms with Gasteiger partial charge in [-0.25, -0.2) is 4.98 Å². The zero-order chi connectivity index (χ0) is 12.3. The number of benzene rings is 1. The largest absolute Gasteiger partial charge is 0.508 e. The van der Waals surface area contributed by atoms with Crippen molar-refractivity contribution in [2.45, 2.75) is 0 Å². The van der Waals surface area contributed by atoms with Crippen LogP contribution in [0.2, 0.25) is 0 Å². The first-order valence-corrected chi connectivity index (χ1v) is 5.23. The summed E-state index contributed by atoms with van der Waals surface area (Å²) in [5.74, 6) is 0.638. The number of phenolic OH excluding ortho intramolecular Hbond substituents is 1. The molecule has 0 radical (unpaired) electrons. The lowest BCUT2D eigenvalue weighted by atomic mass is 10.1. The van der Waals surface area contributed by atoms with Crippen LogP contribution >= 0.6 is 0 Å². The number of carbonyl (C=O) groups is 1. The summed E-state index contributed by atoms with van der Waals surface area (Å²) < 4.78 is 0. The number of fused-ring (bicyclic) bond motifs is 1. The first kappa shape index (κ1) is 11.2. The number of anilines is 1. The van der Waals surface area contributed by atoms with E-state index in [9.17, 15) is 9.90 Å². The highest BCUT2D eigenvalue weighted by atomic mass is 16.3. The molecule has 2 rings (SSSR count). The van der Waals surface area contributed by atoms with Crippen LogP contribution in [0, 0.1) is 0 Å². The van der Waals surface area contributed by atoms with Gasteiger partial charge in [0.15, 0.2) is 0 Å². The Morgan fingerprint density at radius 3 is 3.00 bits per heavy atom. The molecule has 0 aliphatic heterocycles. The molecule has 0 saturated heterocycles. The van der Waals surface area contributed by atoms with E-state index in [1.807, 2.05) is 6.07 Å². The van der Waals surface area contributed by atoms with Crippen LogP contribution in [0.15, 0.2) is 30.5 Å². The van der Waals surface area contributed by atoms with Gasteiger partial charge in [-0.2, -0.15) is 0 Å². The Labute approximate surface area is 98.5 Å². The van der Waals surface area contributed by atoms with Crippen molar-refractivity contribution >= 4 is 22.5 Å². The molecule has 0 aliphatic rings. The molecular formula is C12H13N3O2. The summed E-state index contributed by atoms with van der Waals surface area (Å²) in [7, 11) is 1.58. The van der Waals surface area contributed by atoms with E-state index in [-0.39, 0.29) is 18.2 Å². The molecule has 1 amide bonds. The molecule has 0 spiro atoms. The van der Waals surface area contributed by atoms with Crippen LogP contribution in [0.25, 0.3) is 10.8 Å². The average Bonchev–Trinajstić information content (AvgIpc) is 2.35. The van der Waals surface area contributed by atoms with Crippen molar-refractivity contribution < 1.29 is 9.90 Å². The van der Waals surface area contributed by atoms with Crippen LogP contribution in [-0.2, 0) is 4.79 Å². The number of likely N-dealkylation sites (N-methyl/N-ethyl adjacent to an activating group) is 1. The predicted octanol–water partition coefficient (Wildman–Crippen LogP) is 1.10. The third-order valence-electron chi connectivity index (χ3n) is 2.44. The number of rotatable bonds is 3. The van der Waals surface area contributed by atoms with Crippen LogP contribution in [0.5, 0.6) is 5.75 Å². The molecule has 5 nitrogen and oxygen atoms in total. The smallest absolute Gasteiger partial charge is 0.239 e. The van der Waals surface area contributed by atoms with Gasteiger partial charge in [-0.1, -0.05) is 6.07 Å². The third-order valence-corrected chi connectivity index (χ3v) is 2.44. The fourth-order valence-electron chi connectivity index (χ4n) is 1.55. The van der Waals surface area contributed by atoms with Crippen molar-refractivity contribution in [3.63, 3.8) is 0 Å². The van der Waals surface area contributed by atoms with Gasteiger partial charge in [0.05, 0.1) is 6.54 Å². The highest BCUT2D eigenvalue weighted by Crippen LogP contribution is 2.24. The van der Waals surface area contributed by atoms with Crippen molar-refractivity contribution in [3.05, 3.63) is 30.5 Å². The molecule has 0 aliphatic carbocycles. The minimum atomic E-state index is -0.121. The first-order valence-electron chi connectivity index (χ1n) is 5.23. The second kappa shape index (κ2) is 4.69. The van der Waals surface area contributed by atoms with Crippen LogP contribution in [0.3, 0.4) is 0 Å². The van der Waals surface area contributed by atoms with Gasteiger partial charge in [0.1, 0.15) is 11.6 Å². The number of pyridine rings is 1. The minimum Gasteiger partial charge on any atom is -0.508 e. The molecule has 0 bridgehead atoms. The number of hydrogen-bond donors (Lipinski definition) is 3. The zero-order valence-corrected chi connectivity index (χ0v) is 9.40. The highest BCUT2D eigenvalue weighted by molar-refractivity contribution is 5.94. The van der Waals surface area contributed by atoms with Gasteiger partial charge >= 0.3 is 0 Å². The van der Waals surface area contributed by atoms with E-state index < -0.39 is 0 Å². The quantitative estimate of drug-likeness (QED) is 0.739. The molecule has 17 heavy (non-hydrogen) atoms. The Balaban J connectivity index is 2.33. The monoisotopic (exact) mass is 231 g/mol. The molecule has 2 aromatic rings. The minimum absolute atomic E-state index is 0.121. The lowest BCUT2D eigenvalue weighted by molar-refractivity contribution is -0.118. The second-order valence-corrected chi connectivity index (χ2v) is 3.59. The van der Waals surface area contributed by atoms with Gasteiger partial charge in [-0.3, -0.25) is 4.79 Å². The molecule has 0 fully saturated rings. The first-order chi connectivity index (χ1) is 8.20. The van der Waals surface area contributed by atoms with E-state index in [1.54, 1.807) is 31.4 Å². The number of nitrogens with one attached hydrogen (secondary N) is 2. The van der Waals surface area contributed by atoms with Crippen LogP contribution < -0.4 is 10.6 Å². The van der Waals surface area contributed by atoms with Gasteiger partial charge in [0.2, 0.25) is 5.91 Å². The summed E-state index contributed by atoms with van der Waals surface area (Å²) in [6.45, 7) is 0.151. The maximum Gasteiger partial charge on any atom is 0.239 e. The number of phenols is 1. The molecule has 88 valence electrons. The van der Waals surface area contributed by atoms with Crippen LogP contribution in [-0.4, -0.2) is 29.6 Å². The van der Waals surface area contributed by atoms with E-state index in [2.05, 4.69) is 15.6 Å². The Kier molecular flexibility index (Phi) is 3.09. The van der Waals surface area contributed by atoms with Crippen molar-refractivity contribution in [1.29, 1.82) is 0 Å². The van der Waals surface area contributed by atoms with E-state index in [0.717, 1.165) is 10.8 Å². The molecule has 1 aromatic carbocycles. The van der Waals surface area contributed by atoms with Crippen molar-refractivity contribution in [2.75, 3.05) is 18.9 Å². The molecule has 5 heteroatoms. The summed E-state index contributed by atoms with van der Waals surface area (Å²) >= 11 is 0. The van der Waals surface area contributed by atoms with E-state index >= 15 is 0 Å². The molecular weight excluding hydrogens is 218 g/mol. The van der Waals surface area contributed by atoms with Crippen molar-refractivity contribution in [2.24, 2.45) is 0 Å². The molecule has 1 heterocycles. The Hall–Kier alpha value is -2.30. The fourth-order valence-corrected chi connectivity index (χ4v) is 1.55. The maximum atomic E-state index is 11.1. The Bertz CT molecular complexity index is 554. The second-order valence-electron chi connectivity index (χ2n) is 3.59. The molecule has 0 atom stereocenters. The number of aromatic nitrogens is 1. The Morgan fingerprint density at radius 1 is 1.41 bits per heavy atom. The SMILES string of the molecule is CNC(=O)CNc1nccc2ccc(O)cc12. The number of hydrogen-bond acceptors (Lipinski definition) is 4. The summed E-state index contributed by atoms with van der Waals surface area (Å²) in [6, 6.07) is 6.89. The number of carbonyl (C=O) groups excluding carboxylic acids is 1. The molecule has 1 aromatic heterocycles. The number of amides is 1. The summed E-state index contributed by atoms with van der Waals surface area (Å²) in [5, 5.41) is 16.6. The summed E-state index contributed by atoms with van der Waals surface area (Å²) in [5.41, 5.74) is 0. The van der Waals surface area contributed by atoms with Gasteiger partial charge in [-0.05, 0) is 23.6 Å². The standard InChI is InChI=1S/C12H13N3O2/c1-13-11(17)7-15-12-10-6-9(16)3-2-8(10)4-5-14-12/h2-6,16H,7H2,1H3,(H,13,17)(H,14,15). The average molecular weight is 231 g/mol. The predicted molar refractivity (Wildman–Crippen MR) is 66.0 cm³/mol. The van der Waals surface area contributed by atoms with Gasteiger partial charge in [0.25, 0.3) is 0 Å². The third kappa shape index (κ3) is 2.44. The van der Waals surface area contributed by atoms with Crippen LogP contribution in [0.4, 0.5) is 5.82 Å². The maximum absolute atomic E-state index is 11.1. The van der Waals surface area contributed by atoms with Crippen molar-refractivity contribution in [3.8, 4) is 5.75 Å². The summed E-state index contributed by atoms with van der Waals surface area (Å²) in [4.78, 5) is 15.3. The molecule has 0 saturated carbocycles.